The van der Waals surface area contributed by atoms with E-state index in [0.29, 0.717) is 5.92 Å². The molecule has 2 aliphatic heterocycles. The highest BCUT2D eigenvalue weighted by molar-refractivity contribution is 5.95. The second-order valence-electron chi connectivity index (χ2n) is 6.85. The SMILES string of the molecule is CC(=O)c1ccc(OCC2CCCN3CCCCC23)cc1C. The molecule has 0 amide bonds. The Morgan fingerprint density at radius 1 is 1.23 bits per heavy atom. The molecule has 2 fully saturated rings. The number of ether oxygens (including phenoxy) is 1. The average Bonchev–Trinajstić information content (AvgIpc) is 2.52. The summed E-state index contributed by atoms with van der Waals surface area (Å²) < 4.78 is 6.07. The van der Waals surface area contributed by atoms with Crippen LogP contribution < -0.4 is 4.74 Å². The van der Waals surface area contributed by atoms with Crippen LogP contribution in [0.5, 0.6) is 5.75 Å². The van der Waals surface area contributed by atoms with Crippen LogP contribution in [0.3, 0.4) is 0 Å². The molecule has 0 spiro atoms. The van der Waals surface area contributed by atoms with E-state index in [1.807, 2.05) is 25.1 Å². The Morgan fingerprint density at radius 2 is 2.05 bits per heavy atom. The van der Waals surface area contributed by atoms with E-state index in [2.05, 4.69) is 4.90 Å². The molecule has 0 aliphatic carbocycles. The largest absolute Gasteiger partial charge is 0.493 e. The fourth-order valence-corrected chi connectivity index (χ4v) is 4.10. The summed E-state index contributed by atoms with van der Waals surface area (Å²) in [6, 6.07) is 6.55. The lowest BCUT2D eigenvalue weighted by atomic mass is 9.84. The number of ketones is 1. The van der Waals surface area contributed by atoms with Gasteiger partial charge in [-0.05, 0) is 76.4 Å². The lowest BCUT2D eigenvalue weighted by Gasteiger charge is -2.44. The van der Waals surface area contributed by atoms with Gasteiger partial charge in [-0.2, -0.15) is 0 Å². The van der Waals surface area contributed by atoms with Gasteiger partial charge < -0.3 is 4.74 Å². The molecule has 3 rings (SSSR count). The van der Waals surface area contributed by atoms with Gasteiger partial charge in [0.15, 0.2) is 5.78 Å². The van der Waals surface area contributed by atoms with Gasteiger partial charge in [0.25, 0.3) is 0 Å². The summed E-state index contributed by atoms with van der Waals surface area (Å²) in [5.41, 5.74) is 1.80. The Hall–Kier alpha value is -1.35. The molecule has 22 heavy (non-hydrogen) atoms. The summed E-state index contributed by atoms with van der Waals surface area (Å²) in [6.45, 7) is 6.94. The number of Topliss-reactive ketones (excluding diaryl/α,β-unsaturated/α-hetero) is 1. The number of fused-ring (bicyclic) bond motifs is 1. The number of hydrogen-bond donors (Lipinski definition) is 0. The number of carbonyl (C=O) groups excluding carboxylic acids is 1. The molecule has 2 saturated heterocycles. The van der Waals surface area contributed by atoms with Crippen molar-refractivity contribution in [2.75, 3.05) is 19.7 Å². The molecule has 120 valence electrons. The average molecular weight is 301 g/mol. The van der Waals surface area contributed by atoms with Crippen LogP contribution in [0.2, 0.25) is 0 Å². The van der Waals surface area contributed by atoms with Crippen LogP contribution in [0.25, 0.3) is 0 Å². The zero-order valence-electron chi connectivity index (χ0n) is 13.8. The molecule has 2 atom stereocenters. The standard InChI is InChI=1S/C19H27NO2/c1-14-12-17(8-9-18(14)15(2)21)22-13-16-6-5-11-20-10-4-3-7-19(16)20/h8-9,12,16,19H,3-7,10-11,13H2,1-2H3. The van der Waals surface area contributed by atoms with Gasteiger partial charge in [-0.3, -0.25) is 9.69 Å². The predicted molar refractivity (Wildman–Crippen MR) is 88.6 cm³/mol. The van der Waals surface area contributed by atoms with Crippen molar-refractivity contribution in [2.45, 2.75) is 52.0 Å². The lowest BCUT2D eigenvalue weighted by Crippen LogP contribution is -2.49. The van der Waals surface area contributed by atoms with Crippen LogP contribution in [0.4, 0.5) is 0 Å². The van der Waals surface area contributed by atoms with Crippen molar-refractivity contribution < 1.29 is 9.53 Å². The predicted octanol–water partition coefficient (Wildman–Crippen LogP) is 3.84. The van der Waals surface area contributed by atoms with Gasteiger partial charge in [-0.1, -0.05) is 6.42 Å². The molecule has 1 aromatic carbocycles. The van der Waals surface area contributed by atoms with Gasteiger partial charge in [0.05, 0.1) is 6.61 Å². The maximum atomic E-state index is 11.5. The van der Waals surface area contributed by atoms with Crippen LogP contribution in [-0.4, -0.2) is 36.4 Å². The maximum Gasteiger partial charge on any atom is 0.160 e. The van der Waals surface area contributed by atoms with E-state index < -0.39 is 0 Å². The summed E-state index contributed by atoms with van der Waals surface area (Å²) >= 11 is 0. The summed E-state index contributed by atoms with van der Waals surface area (Å²) in [5.74, 6) is 1.67. The molecule has 1 aromatic rings. The molecule has 0 radical (unpaired) electrons. The second-order valence-corrected chi connectivity index (χ2v) is 6.85. The summed E-state index contributed by atoms with van der Waals surface area (Å²) in [6.07, 6.45) is 6.63. The highest BCUT2D eigenvalue weighted by Crippen LogP contribution is 2.31. The minimum Gasteiger partial charge on any atom is -0.493 e. The quantitative estimate of drug-likeness (QED) is 0.791. The van der Waals surface area contributed by atoms with Gasteiger partial charge in [0.2, 0.25) is 0 Å². The Morgan fingerprint density at radius 3 is 2.82 bits per heavy atom. The molecular formula is C19H27NO2. The first kappa shape index (κ1) is 15.5. The highest BCUT2D eigenvalue weighted by atomic mass is 16.5. The van der Waals surface area contributed by atoms with E-state index in [1.165, 1.54) is 45.2 Å². The number of benzene rings is 1. The zero-order chi connectivity index (χ0) is 15.5. The smallest absolute Gasteiger partial charge is 0.160 e. The maximum absolute atomic E-state index is 11.5. The van der Waals surface area contributed by atoms with Gasteiger partial charge in [-0.25, -0.2) is 0 Å². The molecule has 2 unspecified atom stereocenters. The van der Waals surface area contributed by atoms with Crippen molar-refractivity contribution in [1.29, 1.82) is 0 Å². The number of nitrogens with zero attached hydrogens (tertiary/aromatic N) is 1. The van der Waals surface area contributed by atoms with Crippen LogP contribution in [0.1, 0.15) is 54.9 Å². The second kappa shape index (κ2) is 6.82. The highest BCUT2D eigenvalue weighted by Gasteiger charge is 2.33. The van der Waals surface area contributed by atoms with Gasteiger partial charge in [-0.15, -0.1) is 0 Å². The molecule has 3 nitrogen and oxygen atoms in total. The molecule has 2 aliphatic rings. The molecule has 0 aromatic heterocycles. The van der Waals surface area contributed by atoms with Gasteiger partial charge >= 0.3 is 0 Å². The van der Waals surface area contributed by atoms with E-state index in [-0.39, 0.29) is 5.78 Å². The first-order valence-corrected chi connectivity index (χ1v) is 8.63. The zero-order valence-corrected chi connectivity index (χ0v) is 13.8. The van der Waals surface area contributed by atoms with E-state index >= 15 is 0 Å². The summed E-state index contributed by atoms with van der Waals surface area (Å²) in [7, 11) is 0. The van der Waals surface area contributed by atoms with Crippen molar-refractivity contribution in [3.63, 3.8) is 0 Å². The van der Waals surface area contributed by atoms with E-state index in [0.717, 1.165) is 29.5 Å². The van der Waals surface area contributed by atoms with Crippen molar-refractivity contribution >= 4 is 5.78 Å². The van der Waals surface area contributed by atoms with Crippen molar-refractivity contribution in [3.05, 3.63) is 29.3 Å². The normalized spacial score (nSPS) is 25.5. The minimum atomic E-state index is 0.120. The summed E-state index contributed by atoms with van der Waals surface area (Å²) in [4.78, 5) is 14.2. The number of hydrogen-bond acceptors (Lipinski definition) is 3. The third-order valence-electron chi connectivity index (χ3n) is 5.27. The Balaban J connectivity index is 1.62. The monoisotopic (exact) mass is 301 g/mol. The van der Waals surface area contributed by atoms with E-state index in [4.69, 9.17) is 4.74 Å². The van der Waals surface area contributed by atoms with Crippen molar-refractivity contribution in [1.82, 2.24) is 4.90 Å². The first-order chi connectivity index (χ1) is 10.6. The molecule has 2 heterocycles. The lowest BCUT2D eigenvalue weighted by molar-refractivity contribution is 0.0366. The minimum absolute atomic E-state index is 0.120. The van der Waals surface area contributed by atoms with Crippen LogP contribution in [0.15, 0.2) is 18.2 Å². The third kappa shape index (κ3) is 3.35. The molecular weight excluding hydrogens is 274 g/mol. The van der Waals surface area contributed by atoms with E-state index in [9.17, 15) is 4.79 Å². The van der Waals surface area contributed by atoms with E-state index in [1.54, 1.807) is 6.92 Å². The Kier molecular flexibility index (Phi) is 4.82. The Bertz CT molecular complexity index is 538. The van der Waals surface area contributed by atoms with Gasteiger partial charge in [0.1, 0.15) is 5.75 Å². The number of carbonyl (C=O) groups is 1. The molecule has 3 heteroatoms. The molecule has 0 N–H and O–H groups in total. The number of aryl methyl sites for hydroxylation is 1. The van der Waals surface area contributed by atoms with Crippen molar-refractivity contribution in [3.8, 4) is 5.75 Å². The number of rotatable bonds is 4. The summed E-state index contributed by atoms with van der Waals surface area (Å²) in [5, 5.41) is 0. The fraction of sp³-hybridized carbons (Fsp3) is 0.632. The third-order valence-corrected chi connectivity index (χ3v) is 5.27. The fourth-order valence-electron chi connectivity index (χ4n) is 4.10. The molecule has 0 saturated carbocycles. The molecule has 0 bridgehead atoms. The van der Waals surface area contributed by atoms with Crippen molar-refractivity contribution in [2.24, 2.45) is 5.92 Å². The van der Waals surface area contributed by atoms with Crippen LogP contribution >= 0.6 is 0 Å². The topological polar surface area (TPSA) is 29.5 Å². The van der Waals surface area contributed by atoms with Gasteiger partial charge in [0, 0.05) is 17.5 Å². The van der Waals surface area contributed by atoms with Crippen LogP contribution in [-0.2, 0) is 0 Å². The van der Waals surface area contributed by atoms with Crippen LogP contribution in [0, 0.1) is 12.8 Å². The number of piperidine rings is 2. The first-order valence-electron chi connectivity index (χ1n) is 8.63. The Labute approximate surface area is 133 Å².